The molecule has 0 fully saturated rings. The molecule has 1 unspecified atom stereocenters. The second-order valence-electron chi connectivity index (χ2n) is 5.82. The lowest BCUT2D eigenvalue weighted by molar-refractivity contribution is -0.113. The van der Waals surface area contributed by atoms with E-state index in [2.05, 4.69) is 10.4 Å². The van der Waals surface area contributed by atoms with Crippen LogP contribution in [0.5, 0.6) is 0 Å². The summed E-state index contributed by atoms with van der Waals surface area (Å²) in [7, 11) is 1.66. The number of nitrogens with zero attached hydrogens (tertiary/aromatic N) is 2. The smallest absolute Gasteiger partial charge is 0.408 e. The first-order valence-electron chi connectivity index (χ1n) is 6.17. The van der Waals surface area contributed by atoms with Crippen LogP contribution < -0.4 is 5.32 Å². The normalized spacial score (nSPS) is 14.6. The Bertz CT molecular complexity index is 534. The first-order valence-corrected chi connectivity index (χ1v) is 6.55. The minimum atomic E-state index is -1.29. The van der Waals surface area contributed by atoms with Crippen molar-refractivity contribution in [1.29, 1.82) is 0 Å². The fourth-order valence-corrected chi connectivity index (χ4v) is 2.26. The van der Waals surface area contributed by atoms with Crippen LogP contribution in [0.4, 0.5) is 4.79 Å². The predicted octanol–water partition coefficient (Wildman–Crippen LogP) is 2.32. The van der Waals surface area contributed by atoms with E-state index in [1.807, 2.05) is 0 Å². The van der Waals surface area contributed by atoms with Crippen molar-refractivity contribution in [3.63, 3.8) is 0 Å². The maximum atomic E-state index is 11.9. The van der Waals surface area contributed by atoms with Gasteiger partial charge in [0, 0.05) is 12.6 Å². The van der Waals surface area contributed by atoms with Crippen molar-refractivity contribution < 1.29 is 14.3 Å². The summed E-state index contributed by atoms with van der Waals surface area (Å²) in [6.45, 7) is 8.51. The molecule has 1 rings (SSSR count). The van der Waals surface area contributed by atoms with Crippen LogP contribution in [0.3, 0.4) is 0 Å². The van der Waals surface area contributed by atoms with Crippen molar-refractivity contribution in [2.75, 3.05) is 0 Å². The molecule has 0 saturated carbocycles. The van der Waals surface area contributed by atoms with E-state index in [1.165, 1.54) is 4.68 Å². The number of nitrogens with one attached hydrogen (secondary N) is 1. The van der Waals surface area contributed by atoms with Gasteiger partial charge in [-0.1, -0.05) is 11.6 Å². The lowest BCUT2D eigenvalue weighted by atomic mass is 9.94. The Labute approximate surface area is 123 Å². The molecule has 0 bridgehead atoms. The summed E-state index contributed by atoms with van der Waals surface area (Å²) in [5.74, 6) is 0. The number of ether oxygens (including phenoxy) is 1. The van der Waals surface area contributed by atoms with Gasteiger partial charge in [0.15, 0.2) is 0 Å². The van der Waals surface area contributed by atoms with Crippen LogP contribution in [0.25, 0.3) is 0 Å². The first-order chi connectivity index (χ1) is 9.00. The second-order valence-corrected chi connectivity index (χ2v) is 6.18. The van der Waals surface area contributed by atoms with Crippen molar-refractivity contribution in [3.05, 3.63) is 16.4 Å². The molecule has 0 radical (unpaired) electrons. The number of hydrogen-bond acceptors (Lipinski definition) is 4. The molecule has 0 spiro atoms. The first kappa shape index (κ1) is 16.5. The molecule has 0 aliphatic rings. The van der Waals surface area contributed by atoms with Gasteiger partial charge in [0.25, 0.3) is 0 Å². The number of halogens is 1. The van der Waals surface area contributed by atoms with E-state index in [9.17, 15) is 9.59 Å². The molecule has 0 aromatic carbocycles. The average Bonchev–Trinajstić information content (AvgIpc) is 2.50. The van der Waals surface area contributed by atoms with Crippen molar-refractivity contribution in [2.24, 2.45) is 7.05 Å². The van der Waals surface area contributed by atoms with Gasteiger partial charge in [0.05, 0.1) is 5.69 Å². The van der Waals surface area contributed by atoms with Gasteiger partial charge in [0.1, 0.15) is 22.6 Å². The van der Waals surface area contributed by atoms with Gasteiger partial charge >= 0.3 is 6.09 Å². The van der Waals surface area contributed by atoms with E-state index in [0.717, 1.165) is 0 Å². The number of aromatic nitrogens is 2. The minimum Gasteiger partial charge on any atom is -0.444 e. The average molecular weight is 302 g/mol. The summed E-state index contributed by atoms with van der Waals surface area (Å²) in [6.07, 6.45) is -0.0706. The number of rotatable bonds is 3. The van der Waals surface area contributed by atoms with Crippen molar-refractivity contribution >= 4 is 24.0 Å². The number of carbonyl (C=O) groups excluding carboxylic acids is 2. The Hall–Kier alpha value is -1.56. The zero-order valence-electron chi connectivity index (χ0n) is 12.6. The molecule has 0 aliphatic heterocycles. The van der Waals surface area contributed by atoms with E-state index in [4.69, 9.17) is 16.3 Å². The van der Waals surface area contributed by atoms with Crippen molar-refractivity contribution in [3.8, 4) is 0 Å². The Balaban J connectivity index is 3.09. The SMILES string of the molecule is Cc1nn(C)c(Cl)c1C(C)(C=O)NC(=O)OC(C)(C)C. The van der Waals surface area contributed by atoms with Gasteiger partial charge in [0.2, 0.25) is 0 Å². The number of amides is 1. The molecule has 1 aromatic rings. The van der Waals surface area contributed by atoms with E-state index in [1.54, 1.807) is 41.7 Å². The van der Waals surface area contributed by atoms with Gasteiger partial charge in [-0.2, -0.15) is 5.10 Å². The van der Waals surface area contributed by atoms with Crippen molar-refractivity contribution in [1.82, 2.24) is 15.1 Å². The standard InChI is InChI=1S/C13H20ClN3O3/c1-8-9(10(14)17(6)16-8)13(5,7-18)15-11(19)20-12(2,3)4/h7H,1-6H3,(H,15,19). The molecule has 1 N–H and O–H groups in total. The van der Waals surface area contributed by atoms with E-state index in [0.29, 0.717) is 22.7 Å². The van der Waals surface area contributed by atoms with Gasteiger partial charge in [-0.15, -0.1) is 0 Å². The quantitative estimate of drug-likeness (QED) is 0.870. The van der Waals surface area contributed by atoms with Crippen LogP contribution in [0, 0.1) is 6.92 Å². The number of carbonyl (C=O) groups is 2. The number of aryl methyl sites for hydroxylation is 2. The third kappa shape index (κ3) is 3.50. The molecule has 1 heterocycles. The monoisotopic (exact) mass is 301 g/mol. The Morgan fingerprint density at radius 2 is 1.95 bits per heavy atom. The van der Waals surface area contributed by atoms with Crippen LogP contribution >= 0.6 is 11.6 Å². The summed E-state index contributed by atoms with van der Waals surface area (Å²) in [4.78, 5) is 23.3. The van der Waals surface area contributed by atoms with E-state index in [-0.39, 0.29) is 0 Å². The summed E-state index contributed by atoms with van der Waals surface area (Å²) in [5, 5.41) is 6.98. The molecule has 0 aliphatic carbocycles. The molecule has 112 valence electrons. The zero-order valence-corrected chi connectivity index (χ0v) is 13.3. The van der Waals surface area contributed by atoms with Crippen LogP contribution in [-0.4, -0.2) is 27.8 Å². The molecular weight excluding hydrogens is 282 g/mol. The van der Waals surface area contributed by atoms with Gasteiger partial charge in [-0.3, -0.25) is 4.68 Å². The molecule has 1 aromatic heterocycles. The van der Waals surface area contributed by atoms with Crippen LogP contribution in [0.15, 0.2) is 0 Å². The van der Waals surface area contributed by atoms with Gasteiger partial charge in [-0.25, -0.2) is 4.79 Å². The molecule has 20 heavy (non-hydrogen) atoms. The molecule has 0 saturated heterocycles. The minimum absolute atomic E-state index is 0.299. The molecule has 7 heteroatoms. The maximum absolute atomic E-state index is 11.9. The highest BCUT2D eigenvalue weighted by molar-refractivity contribution is 6.30. The molecular formula is C13H20ClN3O3. The highest BCUT2D eigenvalue weighted by atomic mass is 35.5. The van der Waals surface area contributed by atoms with Crippen LogP contribution in [0.1, 0.15) is 39.0 Å². The third-order valence-corrected chi connectivity index (χ3v) is 3.10. The van der Waals surface area contributed by atoms with Crippen LogP contribution in [-0.2, 0) is 22.1 Å². The maximum Gasteiger partial charge on any atom is 0.408 e. The fraction of sp³-hybridized carbons (Fsp3) is 0.615. The van der Waals surface area contributed by atoms with Crippen LogP contribution in [0.2, 0.25) is 5.15 Å². The number of aldehydes is 1. The number of hydrogen-bond donors (Lipinski definition) is 1. The summed E-state index contributed by atoms with van der Waals surface area (Å²) >= 11 is 6.14. The third-order valence-electron chi connectivity index (χ3n) is 2.67. The highest BCUT2D eigenvalue weighted by Gasteiger charge is 2.36. The molecule has 1 amide bonds. The van der Waals surface area contributed by atoms with Crippen molar-refractivity contribution in [2.45, 2.75) is 45.8 Å². The van der Waals surface area contributed by atoms with E-state index >= 15 is 0 Å². The van der Waals surface area contributed by atoms with E-state index < -0.39 is 17.2 Å². The predicted molar refractivity (Wildman–Crippen MR) is 75.7 cm³/mol. The lowest BCUT2D eigenvalue weighted by Gasteiger charge is -2.27. The topological polar surface area (TPSA) is 73.2 Å². The number of alkyl carbamates (subject to hydrolysis) is 1. The summed E-state index contributed by atoms with van der Waals surface area (Å²) in [6, 6.07) is 0. The fourth-order valence-electron chi connectivity index (χ4n) is 1.89. The second kappa shape index (κ2) is 5.44. The molecule has 6 nitrogen and oxygen atoms in total. The largest absolute Gasteiger partial charge is 0.444 e. The zero-order chi connectivity index (χ0) is 15.7. The summed E-state index contributed by atoms with van der Waals surface area (Å²) < 4.78 is 6.61. The molecule has 1 atom stereocenters. The Morgan fingerprint density at radius 3 is 2.30 bits per heavy atom. The van der Waals surface area contributed by atoms with Gasteiger partial charge < -0.3 is 14.8 Å². The summed E-state index contributed by atoms with van der Waals surface area (Å²) in [5.41, 5.74) is -0.912. The Morgan fingerprint density at radius 1 is 1.40 bits per heavy atom. The van der Waals surface area contributed by atoms with Gasteiger partial charge in [-0.05, 0) is 34.6 Å². The lowest BCUT2D eigenvalue weighted by Crippen LogP contribution is -2.47. The highest BCUT2D eigenvalue weighted by Crippen LogP contribution is 2.29. The Kier molecular flexibility index (Phi) is 4.49.